The van der Waals surface area contributed by atoms with E-state index in [0.717, 1.165) is 12.1 Å². The van der Waals surface area contributed by atoms with E-state index in [1.165, 1.54) is 51.6 Å². The van der Waals surface area contributed by atoms with Gasteiger partial charge < -0.3 is 5.32 Å². The Kier molecular flexibility index (Phi) is 7.14. The van der Waals surface area contributed by atoms with E-state index >= 15 is 0 Å². The van der Waals surface area contributed by atoms with Crippen molar-refractivity contribution in [1.82, 2.24) is 10.2 Å². The van der Waals surface area contributed by atoms with Crippen molar-refractivity contribution in [2.45, 2.75) is 84.3 Å². The summed E-state index contributed by atoms with van der Waals surface area (Å²) >= 11 is 0. The van der Waals surface area contributed by atoms with Crippen molar-refractivity contribution in [3.8, 4) is 0 Å². The van der Waals surface area contributed by atoms with Gasteiger partial charge in [-0.3, -0.25) is 4.90 Å². The third kappa shape index (κ3) is 6.42. The minimum atomic E-state index is 0.683. The van der Waals surface area contributed by atoms with Gasteiger partial charge in [0.1, 0.15) is 0 Å². The zero-order chi connectivity index (χ0) is 12.7. The predicted molar refractivity (Wildman–Crippen MR) is 76.5 cm³/mol. The van der Waals surface area contributed by atoms with Gasteiger partial charge in [-0.05, 0) is 59.5 Å². The van der Waals surface area contributed by atoms with Gasteiger partial charge in [-0.1, -0.05) is 19.8 Å². The van der Waals surface area contributed by atoms with Crippen molar-refractivity contribution in [2.75, 3.05) is 13.1 Å². The fourth-order valence-electron chi connectivity index (χ4n) is 2.48. The fourth-order valence-corrected chi connectivity index (χ4v) is 2.48. The topological polar surface area (TPSA) is 15.3 Å². The monoisotopic (exact) mass is 240 g/mol. The highest BCUT2D eigenvalue weighted by Crippen LogP contribution is 2.19. The molecule has 0 spiro atoms. The van der Waals surface area contributed by atoms with Crippen molar-refractivity contribution in [1.29, 1.82) is 0 Å². The van der Waals surface area contributed by atoms with Gasteiger partial charge >= 0.3 is 0 Å². The lowest BCUT2D eigenvalue weighted by Gasteiger charge is -2.33. The molecule has 1 saturated carbocycles. The SMILES string of the molecule is CCCCCN(C(C)C)C(C)CCNC1CC1. The van der Waals surface area contributed by atoms with Crippen LogP contribution >= 0.6 is 0 Å². The molecule has 0 aromatic rings. The maximum Gasteiger partial charge on any atom is 0.00817 e. The highest BCUT2D eigenvalue weighted by atomic mass is 15.2. The molecule has 0 aromatic heterocycles. The number of rotatable bonds is 10. The molecule has 0 aliphatic heterocycles. The second-order valence-electron chi connectivity index (χ2n) is 5.90. The minimum Gasteiger partial charge on any atom is -0.314 e. The van der Waals surface area contributed by atoms with Crippen LogP contribution in [-0.4, -0.2) is 36.1 Å². The summed E-state index contributed by atoms with van der Waals surface area (Å²) in [6.07, 6.45) is 8.15. The molecule has 0 amide bonds. The molecule has 0 heterocycles. The van der Waals surface area contributed by atoms with Crippen LogP contribution in [-0.2, 0) is 0 Å². The predicted octanol–water partition coefficient (Wildman–Crippen LogP) is 3.42. The number of nitrogens with zero attached hydrogens (tertiary/aromatic N) is 1. The average molecular weight is 240 g/mol. The smallest absolute Gasteiger partial charge is 0.00817 e. The fraction of sp³-hybridized carbons (Fsp3) is 1.00. The van der Waals surface area contributed by atoms with Crippen LogP contribution in [0.3, 0.4) is 0 Å². The Morgan fingerprint density at radius 2 is 1.88 bits per heavy atom. The average Bonchev–Trinajstić information content (AvgIpc) is 3.07. The quantitative estimate of drug-likeness (QED) is 0.589. The maximum absolute atomic E-state index is 3.62. The minimum absolute atomic E-state index is 0.683. The van der Waals surface area contributed by atoms with Crippen molar-refractivity contribution in [3.63, 3.8) is 0 Å². The second kappa shape index (κ2) is 8.10. The molecule has 1 aliphatic carbocycles. The number of unbranched alkanes of at least 4 members (excludes halogenated alkanes) is 2. The lowest BCUT2D eigenvalue weighted by molar-refractivity contribution is 0.153. The Hall–Kier alpha value is -0.0800. The largest absolute Gasteiger partial charge is 0.314 e. The van der Waals surface area contributed by atoms with Crippen molar-refractivity contribution >= 4 is 0 Å². The Morgan fingerprint density at radius 1 is 1.18 bits per heavy atom. The highest BCUT2D eigenvalue weighted by molar-refractivity contribution is 4.81. The molecule has 0 aromatic carbocycles. The molecule has 0 radical (unpaired) electrons. The van der Waals surface area contributed by atoms with Gasteiger partial charge in [0.15, 0.2) is 0 Å². The third-order valence-electron chi connectivity index (χ3n) is 3.82. The van der Waals surface area contributed by atoms with Crippen LogP contribution < -0.4 is 5.32 Å². The van der Waals surface area contributed by atoms with Gasteiger partial charge in [-0.15, -0.1) is 0 Å². The Balaban J connectivity index is 2.17. The van der Waals surface area contributed by atoms with Crippen LogP contribution in [0.15, 0.2) is 0 Å². The molecule has 0 saturated heterocycles. The van der Waals surface area contributed by atoms with Gasteiger partial charge in [-0.2, -0.15) is 0 Å². The maximum atomic E-state index is 3.62. The van der Waals surface area contributed by atoms with E-state index in [0.29, 0.717) is 6.04 Å². The summed E-state index contributed by atoms with van der Waals surface area (Å²) < 4.78 is 0. The van der Waals surface area contributed by atoms with Gasteiger partial charge in [0.25, 0.3) is 0 Å². The number of hydrogen-bond donors (Lipinski definition) is 1. The van der Waals surface area contributed by atoms with E-state index in [-0.39, 0.29) is 0 Å². The normalized spacial score (nSPS) is 18.0. The van der Waals surface area contributed by atoms with E-state index in [9.17, 15) is 0 Å². The van der Waals surface area contributed by atoms with Gasteiger partial charge in [0.05, 0.1) is 0 Å². The lowest BCUT2D eigenvalue weighted by Crippen LogP contribution is -2.41. The van der Waals surface area contributed by atoms with Crippen LogP contribution in [0.25, 0.3) is 0 Å². The molecule has 1 fully saturated rings. The Bertz CT molecular complexity index is 187. The molecule has 102 valence electrons. The Morgan fingerprint density at radius 3 is 2.41 bits per heavy atom. The van der Waals surface area contributed by atoms with E-state index < -0.39 is 0 Å². The summed E-state index contributed by atoms with van der Waals surface area (Å²) in [6, 6.07) is 2.26. The van der Waals surface area contributed by atoms with E-state index in [4.69, 9.17) is 0 Å². The summed E-state index contributed by atoms with van der Waals surface area (Å²) in [5, 5.41) is 3.62. The first-order valence-corrected chi connectivity index (χ1v) is 7.64. The first kappa shape index (κ1) is 15.0. The summed E-state index contributed by atoms with van der Waals surface area (Å²) in [4.78, 5) is 2.67. The third-order valence-corrected chi connectivity index (χ3v) is 3.82. The summed E-state index contributed by atoms with van der Waals surface area (Å²) in [5.74, 6) is 0. The molecule has 1 unspecified atom stereocenters. The Labute approximate surface area is 108 Å². The summed E-state index contributed by atoms with van der Waals surface area (Å²) in [5.41, 5.74) is 0. The van der Waals surface area contributed by atoms with E-state index in [2.05, 4.69) is 37.9 Å². The first-order chi connectivity index (χ1) is 8.15. The van der Waals surface area contributed by atoms with Crippen LogP contribution in [0.1, 0.15) is 66.2 Å². The molecular weight excluding hydrogens is 208 g/mol. The van der Waals surface area contributed by atoms with Crippen LogP contribution in [0.2, 0.25) is 0 Å². The van der Waals surface area contributed by atoms with Crippen molar-refractivity contribution in [3.05, 3.63) is 0 Å². The summed E-state index contributed by atoms with van der Waals surface area (Å²) in [6.45, 7) is 11.8. The van der Waals surface area contributed by atoms with Gasteiger partial charge in [-0.25, -0.2) is 0 Å². The zero-order valence-corrected chi connectivity index (χ0v) is 12.3. The van der Waals surface area contributed by atoms with Crippen LogP contribution in [0.4, 0.5) is 0 Å². The molecule has 2 nitrogen and oxygen atoms in total. The standard InChI is InChI=1S/C15H32N2/c1-5-6-7-12-17(13(2)3)14(4)10-11-16-15-8-9-15/h13-16H,5-12H2,1-4H3. The van der Waals surface area contributed by atoms with Gasteiger partial charge in [0.2, 0.25) is 0 Å². The van der Waals surface area contributed by atoms with Crippen LogP contribution in [0.5, 0.6) is 0 Å². The molecule has 1 atom stereocenters. The molecular formula is C15H32N2. The molecule has 1 rings (SSSR count). The molecule has 17 heavy (non-hydrogen) atoms. The van der Waals surface area contributed by atoms with E-state index in [1.807, 2.05) is 0 Å². The van der Waals surface area contributed by atoms with Crippen molar-refractivity contribution in [2.24, 2.45) is 0 Å². The van der Waals surface area contributed by atoms with Crippen molar-refractivity contribution < 1.29 is 0 Å². The van der Waals surface area contributed by atoms with E-state index in [1.54, 1.807) is 0 Å². The first-order valence-electron chi connectivity index (χ1n) is 7.64. The van der Waals surface area contributed by atoms with Crippen LogP contribution in [0, 0.1) is 0 Å². The summed E-state index contributed by atoms with van der Waals surface area (Å²) in [7, 11) is 0. The lowest BCUT2D eigenvalue weighted by atomic mass is 10.1. The molecule has 0 bridgehead atoms. The molecule has 2 heteroatoms. The number of hydrogen-bond acceptors (Lipinski definition) is 2. The molecule has 1 N–H and O–H groups in total. The van der Waals surface area contributed by atoms with Gasteiger partial charge in [0, 0.05) is 18.1 Å². The highest BCUT2D eigenvalue weighted by Gasteiger charge is 2.21. The zero-order valence-electron chi connectivity index (χ0n) is 12.3. The molecule has 1 aliphatic rings. The number of nitrogens with one attached hydrogen (secondary N) is 1. The second-order valence-corrected chi connectivity index (χ2v) is 5.90.